The van der Waals surface area contributed by atoms with Crippen molar-refractivity contribution in [3.05, 3.63) is 52.2 Å². The molecular weight excluding hydrogens is 245 g/mol. The number of alkyl halides is 1. The molecule has 0 saturated heterocycles. The SMILES string of the molecule is Fc1ccc(C(CCl)Cc2nccs2)cc1. The van der Waals surface area contributed by atoms with Gasteiger partial charge in [-0.25, -0.2) is 9.37 Å². The maximum atomic E-state index is 12.8. The summed E-state index contributed by atoms with van der Waals surface area (Å²) in [4.78, 5) is 4.23. The predicted octanol–water partition coefficient (Wildman–Crippen LogP) is 3.85. The number of hydrogen-bond acceptors (Lipinski definition) is 2. The Morgan fingerprint density at radius 1 is 1.31 bits per heavy atom. The van der Waals surface area contributed by atoms with Gasteiger partial charge in [-0.1, -0.05) is 12.1 Å². The van der Waals surface area contributed by atoms with Crippen LogP contribution < -0.4 is 0 Å². The van der Waals surface area contributed by atoms with Crippen LogP contribution in [0.25, 0.3) is 0 Å². The van der Waals surface area contributed by atoms with Gasteiger partial charge in [0.2, 0.25) is 0 Å². The summed E-state index contributed by atoms with van der Waals surface area (Å²) in [6.45, 7) is 0. The second kappa shape index (κ2) is 5.41. The minimum Gasteiger partial charge on any atom is -0.250 e. The Balaban J connectivity index is 2.13. The quantitative estimate of drug-likeness (QED) is 0.757. The molecule has 1 atom stereocenters. The fourth-order valence-corrected chi connectivity index (χ4v) is 2.55. The third-order valence-electron chi connectivity index (χ3n) is 2.43. The summed E-state index contributed by atoms with van der Waals surface area (Å²) < 4.78 is 12.8. The molecular formula is C12H11ClFNS. The summed E-state index contributed by atoms with van der Waals surface area (Å²) in [5.74, 6) is 0.505. The molecule has 0 bridgehead atoms. The zero-order chi connectivity index (χ0) is 11.4. The van der Waals surface area contributed by atoms with E-state index < -0.39 is 0 Å². The van der Waals surface area contributed by atoms with E-state index in [1.807, 2.05) is 5.38 Å². The van der Waals surface area contributed by atoms with Gasteiger partial charge in [0.25, 0.3) is 0 Å². The molecule has 0 amide bonds. The number of hydrogen-bond donors (Lipinski definition) is 0. The molecule has 0 aliphatic heterocycles. The lowest BCUT2D eigenvalue weighted by Crippen LogP contribution is -2.04. The Bertz CT molecular complexity index is 427. The molecule has 1 aromatic carbocycles. The van der Waals surface area contributed by atoms with Crippen molar-refractivity contribution < 1.29 is 4.39 Å². The van der Waals surface area contributed by atoms with E-state index in [-0.39, 0.29) is 11.7 Å². The van der Waals surface area contributed by atoms with Crippen molar-refractivity contribution in [2.24, 2.45) is 0 Å². The molecule has 4 heteroatoms. The first-order chi connectivity index (χ1) is 7.79. The number of aromatic nitrogens is 1. The van der Waals surface area contributed by atoms with Gasteiger partial charge >= 0.3 is 0 Å². The van der Waals surface area contributed by atoms with Gasteiger partial charge in [-0.15, -0.1) is 22.9 Å². The van der Waals surface area contributed by atoms with Gasteiger partial charge in [0.1, 0.15) is 5.82 Å². The molecule has 0 aliphatic carbocycles. The first-order valence-corrected chi connectivity index (χ1v) is 6.41. The summed E-state index contributed by atoms with van der Waals surface area (Å²) in [7, 11) is 0. The van der Waals surface area contributed by atoms with Crippen LogP contribution in [0.5, 0.6) is 0 Å². The van der Waals surface area contributed by atoms with E-state index in [0.29, 0.717) is 5.88 Å². The number of rotatable bonds is 4. The molecule has 0 fully saturated rings. The van der Waals surface area contributed by atoms with E-state index >= 15 is 0 Å². The number of nitrogens with zero attached hydrogens (tertiary/aromatic N) is 1. The normalized spacial score (nSPS) is 12.6. The van der Waals surface area contributed by atoms with Crippen molar-refractivity contribution in [3.8, 4) is 0 Å². The fraction of sp³-hybridized carbons (Fsp3) is 0.250. The zero-order valence-electron chi connectivity index (χ0n) is 8.57. The number of thiazole rings is 1. The van der Waals surface area contributed by atoms with Crippen molar-refractivity contribution in [1.29, 1.82) is 0 Å². The smallest absolute Gasteiger partial charge is 0.123 e. The molecule has 0 N–H and O–H groups in total. The van der Waals surface area contributed by atoms with E-state index in [0.717, 1.165) is 17.0 Å². The molecule has 2 aromatic rings. The van der Waals surface area contributed by atoms with Crippen molar-refractivity contribution >= 4 is 22.9 Å². The van der Waals surface area contributed by atoms with Crippen LogP contribution in [-0.4, -0.2) is 10.9 Å². The van der Waals surface area contributed by atoms with Gasteiger partial charge in [0.05, 0.1) is 5.01 Å². The summed E-state index contributed by atoms with van der Waals surface area (Å²) in [5.41, 5.74) is 1.06. The molecule has 84 valence electrons. The molecule has 2 rings (SSSR count). The standard InChI is InChI=1S/C12H11ClFNS/c13-8-10(7-12-15-5-6-16-12)9-1-3-11(14)4-2-9/h1-6,10H,7-8H2. The minimum atomic E-state index is -0.216. The highest BCUT2D eigenvalue weighted by Crippen LogP contribution is 2.23. The maximum Gasteiger partial charge on any atom is 0.123 e. The van der Waals surface area contributed by atoms with E-state index in [1.54, 1.807) is 29.7 Å². The minimum absolute atomic E-state index is 0.202. The average Bonchev–Trinajstić information content (AvgIpc) is 2.80. The van der Waals surface area contributed by atoms with Crippen molar-refractivity contribution in [3.63, 3.8) is 0 Å². The van der Waals surface area contributed by atoms with Gasteiger partial charge in [-0.2, -0.15) is 0 Å². The topological polar surface area (TPSA) is 12.9 Å². The summed E-state index contributed by atoms with van der Waals surface area (Å²) >= 11 is 7.56. The van der Waals surface area contributed by atoms with Crippen LogP contribution in [0.15, 0.2) is 35.8 Å². The first kappa shape index (κ1) is 11.6. The monoisotopic (exact) mass is 255 g/mol. The Kier molecular flexibility index (Phi) is 3.91. The van der Waals surface area contributed by atoms with Crippen LogP contribution >= 0.6 is 22.9 Å². The van der Waals surface area contributed by atoms with Gasteiger partial charge < -0.3 is 0 Å². The van der Waals surface area contributed by atoms with Gasteiger partial charge in [0, 0.05) is 29.8 Å². The van der Waals surface area contributed by atoms with E-state index in [9.17, 15) is 4.39 Å². The van der Waals surface area contributed by atoms with Crippen LogP contribution in [0, 0.1) is 5.82 Å². The third-order valence-corrected chi connectivity index (χ3v) is 3.61. The van der Waals surface area contributed by atoms with E-state index in [2.05, 4.69) is 4.98 Å². The Morgan fingerprint density at radius 3 is 2.62 bits per heavy atom. The van der Waals surface area contributed by atoms with Crippen LogP contribution in [0.4, 0.5) is 4.39 Å². The fourth-order valence-electron chi connectivity index (χ4n) is 1.56. The molecule has 0 spiro atoms. The number of halogens is 2. The van der Waals surface area contributed by atoms with Crippen LogP contribution in [0.3, 0.4) is 0 Å². The summed E-state index contributed by atoms with van der Waals surface area (Å²) in [6.07, 6.45) is 2.60. The molecule has 1 nitrogen and oxygen atoms in total. The average molecular weight is 256 g/mol. The lowest BCUT2D eigenvalue weighted by molar-refractivity contribution is 0.625. The summed E-state index contributed by atoms with van der Waals surface area (Å²) in [5, 5.41) is 3.01. The highest BCUT2D eigenvalue weighted by atomic mass is 35.5. The van der Waals surface area contributed by atoms with E-state index in [4.69, 9.17) is 11.6 Å². The lowest BCUT2D eigenvalue weighted by Gasteiger charge is -2.12. The lowest BCUT2D eigenvalue weighted by atomic mass is 9.98. The predicted molar refractivity (Wildman–Crippen MR) is 65.7 cm³/mol. The number of benzene rings is 1. The van der Waals surface area contributed by atoms with Gasteiger partial charge in [-0.3, -0.25) is 0 Å². The van der Waals surface area contributed by atoms with Gasteiger partial charge in [-0.05, 0) is 17.7 Å². The van der Waals surface area contributed by atoms with Crippen LogP contribution in [-0.2, 0) is 6.42 Å². The zero-order valence-corrected chi connectivity index (χ0v) is 10.1. The second-order valence-corrected chi connectivity index (χ2v) is 4.82. The molecule has 0 radical (unpaired) electrons. The van der Waals surface area contributed by atoms with Gasteiger partial charge in [0.15, 0.2) is 0 Å². The largest absolute Gasteiger partial charge is 0.250 e. The Hall–Kier alpha value is -0.930. The third kappa shape index (κ3) is 2.80. The maximum absolute atomic E-state index is 12.8. The Labute approximate surface area is 103 Å². The molecule has 0 saturated carbocycles. The highest BCUT2D eigenvalue weighted by Gasteiger charge is 2.12. The summed E-state index contributed by atoms with van der Waals surface area (Å²) in [6, 6.07) is 6.51. The van der Waals surface area contributed by atoms with Crippen molar-refractivity contribution in [2.45, 2.75) is 12.3 Å². The van der Waals surface area contributed by atoms with Crippen LogP contribution in [0.2, 0.25) is 0 Å². The second-order valence-electron chi connectivity index (χ2n) is 3.53. The van der Waals surface area contributed by atoms with Crippen LogP contribution in [0.1, 0.15) is 16.5 Å². The first-order valence-electron chi connectivity index (χ1n) is 4.99. The molecule has 1 unspecified atom stereocenters. The van der Waals surface area contributed by atoms with Crippen molar-refractivity contribution in [1.82, 2.24) is 4.98 Å². The molecule has 0 aliphatic rings. The highest BCUT2D eigenvalue weighted by molar-refractivity contribution is 7.09. The molecule has 16 heavy (non-hydrogen) atoms. The van der Waals surface area contributed by atoms with Crippen molar-refractivity contribution in [2.75, 3.05) is 5.88 Å². The Morgan fingerprint density at radius 2 is 2.06 bits per heavy atom. The molecule has 1 heterocycles. The molecule has 1 aromatic heterocycles. The van der Waals surface area contributed by atoms with E-state index in [1.165, 1.54) is 12.1 Å².